The molecule has 5 heteroatoms. The van der Waals surface area contributed by atoms with Gasteiger partial charge in [0.1, 0.15) is 6.33 Å². The highest BCUT2D eigenvalue weighted by atomic mass is 32.1. The monoisotopic (exact) mass is 277 g/mol. The van der Waals surface area contributed by atoms with Crippen LogP contribution in [0.15, 0.2) is 18.5 Å². The van der Waals surface area contributed by atoms with Crippen LogP contribution >= 0.6 is 11.3 Å². The smallest absolute Gasteiger partial charge is 0.216 e. The summed E-state index contributed by atoms with van der Waals surface area (Å²) in [4.78, 5) is 11.0. The Kier molecular flexibility index (Phi) is 4.50. The molecule has 0 saturated heterocycles. The van der Waals surface area contributed by atoms with Gasteiger partial charge in [-0.3, -0.25) is 0 Å². The number of nitrogens with zero attached hydrogens (tertiary/aromatic N) is 2. The first kappa shape index (κ1) is 14.0. The van der Waals surface area contributed by atoms with Crippen LogP contribution in [0.25, 0.3) is 0 Å². The van der Waals surface area contributed by atoms with Crippen molar-refractivity contribution in [2.45, 2.75) is 26.3 Å². The molecule has 0 fully saturated rings. The zero-order valence-corrected chi connectivity index (χ0v) is 12.5. The number of methoxy groups -OCH3 is 1. The van der Waals surface area contributed by atoms with E-state index in [0.717, 1.165) is 12.1 Å². The number of thiophene rings is 1. The Morgan fingerprint density at radius 1 is 1.32 bits per heavy atom. The highest BCUT2D eigenvalue weighted by molar-refractivity contribution is 7.12. The summed E-state index contributed by atoms with van der Waals surface area (Å²) in [7, 11) is 3.60. The van der Waals surface area contributed by atoms with Gasteiger partial charge in [0, 0.05) is 34.0 Å². The Morgan fingerprint density at radius 2 is 2.11 bits per heavy atom. The van der Waals surface area contributed by atoms with Crippen LogP contribution in [-0.2, 0) is 6.42 Å². The quantitative estimate of drug-likeness (QED) is 0.912. The van der Waals surface area contributed by atoms with Crippen molar-refractivity contribution in [1.29, 1.82) is 0 Å². The summed E-state index contributed by atoms with van der Waals surface area (Å²) in [5, 5.41) is 3.35. The fourth-order valence-electron chi connectivity index (χ4n) is 1.93. The van der Waals surface area contributed by atoms with Crippen molar-refractivity contribution in [1.82, 2.24) is 15.3 Å². The molecular formula is C14H19N3OS. The van der Waals surface area contributed by atoms with Crippen LogP contribution in [-0.4, -0.2) is 24.1 Å². The summed E-state index contributed by atoms with van der Waals surface area (Å²) in [6, 6.07) is 4.41. The lowest BCUT2D eigenvalue weighted by atomic mass is 10.1. The molecule has 0 aliphatic carbocycles. The maximum Gasteiger partial charge on any atom is 0.216 e. The van der Waals surface area contributed by atoms with Gasteiger partial charge in [-0.2, -0.15) is 0 Å². The molecule has 0 aromatic carbocycles. The van der Waals surface area contributed by atoms with E-state index in [2.05, 4.69) is 35.2 Å². The molecule has 2 rings (SSSR count). The van der Waals surface area contributed by atoms with E-state index >= 15 is 0 Å². The number of aryl methyl sites for hydroxylation is 2. The first-order valence-corrected chi connectivity index (χ1v) is 7.04. The van der Waals surface area contributed by atoms with E-state index in [1.54, 1.807) is 13.4 Å². The summed E-state index contributed by atoms with van der Waals surface area (Å²) in [5.74, 6) is 0.610. The molecule has 2 aromatic rings. The molecule has 2 heterocycles. The molecule has 1 N–H and O–H groups in total. The molecule has 1 unspecified atom stereocenters. The first-order chi connectivity index (χ1) is 9.13. The van der Waals surface area contributed by atoms with Gasteiger partial charge >= 0.3 is 0 Å². The molecule has 0 aliphatic heterocycles. The Balaban J connectivity index is 2.18. The van der Waals surface area contributed by atoms with Gasteiger partial charge in [0.25, 0.3) is 0 Å². The van der Waals surface area contributed by atoms with Gasteiger partial charge in [0.15, 0.2) is 0 Å². The number of aromatic nitrogens is 2. The summed E-state index contributed by atoms with van der Waals surface area (Å²) < 4.78 is 5.13. The van der Waals surface area contributed by atoms with Crippen LogP contribution in [0, 0.1) is 13.8 Å². The average Bonchev–Trinajstić information content (AvgIpc) is 2.76. The van der Waals surface area contributed by atoms with Crippen LogP contribution in [0.1, 0.15) is 27.1 Å². The summed E-state index contributed by atoms with van der Waals surface area (Å²) in [6.07, 6.45) is 2.38. The highest BCUT2D eigenvalue weighted by Gasteiger charge is 2.15. The molecule has 0 saturated carbocycles. The van der Waals surface area contributed by atoms with Gasteiger partial charge in [-0.15, -0.1) is 11.3 Å². The molecule has 0 radical (unpaired) electrons. The third-order valence-electron chi connectivity index (χ3n) is 3.20. The number of rotatable bonds is 5. The minimum atomic E-state index is 0.275. The minimum Gasteiger partial charge on any atom is -0.481 e. The molecule has 0 bridgehead atoms. The maximum absolute atomic E-state index is 5.13. The zero-order valence-electron chi connectivity index (χ0n) is 11.7. The Bertz CT molecular complexity index is 534. The van der Waals surface area contributed by atoms with E-state index < -0.39 is 0 Å². The molecule has 1 atom stereocenters. The van der Waals surface area contributed by atoms with E-state index in [0.29, 0.717) is 5.88 Å². The van der Waals surface area contributed by atoms with Crippen molar-refractivity contribution < 1.29 is 4.74 Å². The maximum atomic E-state index is 5.13. The average molecular weight is 277 g/mol. The van der Waals surface area contributed by atoms with E-state index in [9.17, 15) is 0 Å². The second-order valence-corrected chi connectivity index (χ2v) is 5.77. The summed E-state index contributed by atoms with van der Waals surface area (Å²) in [6.45, 7) is 4.31. The first-order valence-electron chi connectivity index (χ1n) is 6.23. The lowest BCUT2D eigenvalue weighted by Gasteiger charge is -2.14. The molecule has 0 amide bonds. The van der Waals surface area contributed by atoms with Gasteiger partial charge in [0.05, 0.1) is 7.11 Å². The van der Waals surface area contributed by atoms with Crippen LogP contribution in [0.4, 0.5) is 0 Å². The van der Waals surface area contributed by atoms with Crippen LogP contribution in [0.5, 0.6) is 5.88 Å². The number of nitrogens with one attached hydrogen (secondary N) is 1. The Morgan fingerprint density at radius 3 is 2.68 bits per heavy atom. The van der Waals surface area contributed by atoms with Crippen molar-refractivity contribution in [3.63, 3.8) is 0 Å². The van der Waals surface area contributed by atoms with Crippen LogP contribution in [0.3, 0.4) is 0 Å². The van der Waals surface area contributed by atoms with Gasteiger partial charge in [0.2, 0.25) is 5.88 Å². The lowest BCUT2D eigenvalue weighted by Crippen LogP contribution is -2.18. The van der Waals surface area contributed by atoms with Gasteiger partial charge in [-0.1, -0.05) is 0 Å². The molecule has 102 valence electrons. The van der Waals surface area contributed by atoms with Crippen molar-refractivity contribution in [3.8, 4) is 5.88 Å². The molecule has 4 nitrogen and oxygen atoms in total. The van der Waals surface area contributed by atoms with Gasteiger partial charge in [-0.05, 0) is 32.5 Å². The van der Waals surface area contributed by atoms with Crippen molar-refractivity contribution in [2.75, 3.05) is 14.2 Å². The predicted octanol–water partition coefficient (Wildman–Crippen LogP) is 2.67. The van der Waals surface area contributed by atoms with Gasteiger partial charge in [-0.25, -0.2) is 9.97 Å². The zero-order chi connectivity index (χ0) is 13.8. The second kappa shape index (κ2) is 6.12. The minimum absolute atomic E-state index is 0.275. The molecule has 0 spiro atoms. The molecular weight excluding hydrogens is 258 g/mol. The summed E-state index contributed by atoms with van der Waals surface area (Å²) in [5.41, 5.74) is 2.33. The fourth-order valence-corrected chi connectivity index (χ4v) is 3.08. The number of hydrogen-bond acceptors (Lipinski definition) is 5. The topological polar surface area (TPSA) is 47.0 Å². The van der Waals surface area contributed by atoms with Crippen molar-refractivity contribution in [3.05, 3.63) is 39.5 Å². The van der Waals surface area contributed by atoms with E-state index in [1.165, 1.54) is 15.3 Å². The van der Waals surface area contributed by atoms with Crippen molar-refractivity contribution >= 4 is 11.3 Å². The van der Waals surface area contributed by atoms with E-state index in [4.69, 9.17) is 4.74 Å². The van der Waals surface area contributed by atoms with E-state index in [1.807, 2.05) is 24.5 Å². The van der Waals surface area contributed by atoms with Gasteiger partial charge < -0.3 is 10.1 Å². The van der Waals surface area contributed by atoms with Crippen molar-refractivity contribution in [2.24, 2.45) is 0 Å². The predicted molar refractivity (Wildman–Crippen MR) is 77.9 cm³/mol. The number of likely N-dealkylation sites (N-methyl/N-ethyl adjacent to an activating group) is 1. The fraction of sp³-hybridized carbons (Fsp3) is 0.429. The molecule has 2 aromatic heterocycles. The lowest BCUT2D eigenvalue weighted by molar-refractivity contribution is 0.395. The third kappa shape index (κ3) is 3.30. The number of hydrogen-bond donors (Lipinski definition) is 1. The molecule has 19 heavy (non-hydrogen) atoms. The Hall–Kier alpha value is -1.46. The van der Waals surface area contributed by atoms with Crippen LogP contribution < -0.4 is 10.1 Å². The van der Waals surface area contributed by atoms with Crippen LogP contribution in [0.2, 0.25) is 0 Å². The SMILES string of the molecule is CNC(Cc1cc(OC)ncn1)c1cc(C)c(C)s1. The highest BCUT2D eigenvalue weighted by Crippen LogP contribution is 2.28. The third-order valence-corrected chi connectivity index (χ3v) is 4.46. The normalized spacial score (nSPS) is 12.4. The standard InChI is InChI=1S/C14H19N3OS/c1-9-5-13(19-10(9)2)12(15-3)6-11-7-14(18-4)17-8-16-11/h5,7-8,12,15H,6H2,1-4H3. The van der Waals surface area contributed by atoms with E-state index in [-0.39, 0.29) is 6.04 Å². The Labute approximate surface area is 117 Å². The summed E-state index contributed by atoms with van der Waals surface area (Å²) >= 11 is 1.84. The largest absolute Gasteiger partial charge is 0.481 e. The molecule has 0 aliphatic rings. The second-order valence-electron chi connectivity index (χ2n) is 4.49. The number of ether oxygens (including phenoxy) is 1.